The average Bonchev–Trinajstić information content (AvgIpc) is 3.18. The molecule has 1 aliphatic heterocycles. The Morgan fingerprint density at radius 2 is 1.85 bits per heavy atom. The summed E-state index contributed by atoms with van der Waals surface area (Å²) in [5.74, 6) is -2.45. The number of anilines is 1. The molecule has 0 saturated carbocycles. The van der Waals surface area contributed by atoms with E-state index < -0.39 is 29.5 Å². The van der Waals surface area contributed by atoms with Gasteiger partial charge in [0, 0.05) is 6.07 Å². The van der Waals surface area contributed by atoms with Crippen molar-refractivity contribution < 1.29 is 37.4 Å². The fourth-order valence-corrected chi connectivity index (χ4v) is 4.44. The van der Waals surface area contributed by atoms with Crippen LogP contribution in [0.1, 0.15) is 36.7 Å². The number of aromatic carboxylic acids is 1. The highest BCUT2D eigenvalue weighted by molar-refractivity contribution is 7.12. The molecule has 0 spiro atoms. The number of fused-ring (bicyclic) bond motifs is 1. The smallest absolute Gasteiger partial charge is 0.416 e. The van der Waals surface area contributed by atoms with Gasteiger partial charge >= 0.3 is 12.1 Å². The molecule has 4 rings (SSSR count). The zero-order valence-electron chi connectivity index (χ0n) is 16.5. The molecular formula is C22H13ClF3NO5S. The lowest BCUT2D eigenvalue weighted by Crippen LogP contribution is -2.42. The van der Waals surface area contributed by atoms with E-state index in [2.05, 4.69) is 0 Å². The van der Waals surface area contributed by atoms with Crippen LogP contribution in [0.15, 0.2) is 47.8 Å². The number of carboxylic acid groups (broad SMARTS) is 1. The second-order valence-electron chi connectivity index (χ2n) is 7.08. The molecule has 0 bridgehead atoms. The minimum atomic E-state index is -4.44. The van der Waals surface area contributed by atoms with Gasteiger partial charge in [0.1, 0.15) is 17.2 Å². The van der Waals surface area contributed by atoms with E-state index in [-0.39, 0.29) is 39.9 Å². The molecule has 6 nitrogen and oxygen atoms in total. The minimum Gasteiger partial charge on any atom is -0.489 e. The van der Waals surface area contributed by atoms with Crippen molar-refractivity contribution in [2.24, 2.45) is 0 Å². The van der Waals surface area contributed by atoms with Crippen molar-refractivity contribution in [2.75, 3.05) is 4.90 Å². The molecule has 1 aromatic heterocycles. The van der Waals surface area contributed by atoms with E-state index in [1.54, 1.807) is 0 Å². The molecular weight excluding hydrogens is 483 g/mol. The highest BCUT2D eigenvalue weighted by Gasteiger charge is 2.37. The molecule has 0 aliphatic carbocycles. The second kappa shape index (κ2) is 8.53. The summed E-state index contributed by atoms with van der Waals surface area (Å²) in [5.41, 5.74) is -0.00665. The van der Waals surface area contributed by atoms with E-state index >= 15 is 0 Å². The molecule has 0 radical (unpaired) electrons. The standard InChI is InChI=1S/C22H13ClF3NO5S/c23-15-6-5-14(32-9-11-1-3-13(4-2-11)22(24,25)26)8-16(15)27-17(28)7-12-10-33-19(21(30)31)18(12)20(27)29/h1-6,8,10H,7,9H2,(H,30,31). The molecule has 0 unspecified atom stereocenters. The zero-order valence-corrected chi connectivity index (χ0v) is 18.1. The summed E-state index contributed by atoms with van der Waals surface area (Å²) < 4.78 is 43.7. The molecule has 2 heterocycles. The Morgan fingerprint density at radius 3 is 2.48 bits per heavy atom. The van der Waals surface area contributed by atoms with Gasteiger partial charge < -0.3 is 9.84 Å². The predicted octanol–water partition coefficient (Wildman–Crippen LogP) is 5.43. The quantitative estimate of drug-likeness (QED) is 0.477. The molecule has 1 N–H and O–H groups in total. The second-order valence-corrected chi connectivity index (χ2v) is 8.36. The number of hydrogen-bond donors (Lipinski definition) is 1. The fourth-order valence-electron chi connectivity index (χ4n) is 3.34. The third-order valence-corrected chi connectivity index (χ3v) is 6.25. The number of thiophene rings is 1. The van der Waals surface area contributed by atoms with Gasteiger partial charge in [0.05, 0.1) is 28.3 Å². The number of amides is 2. The van der Waals surface area contributed by atoms with Crippen molar-refractivity contribution in [2.45, 2.75) is 19.2 Å². The number of benzene rings is 2. The van der Waals surface area contributed by atoms with Gasteiger partial charge in [-0.25, -0.2) is 9.69 Å². The summed E-state index contributed by atoms with van der Waals surface area (Å²) in [6, 6.07) is 8.67. The number of carbonyl (C=O) groups is 3. The van der Waals surface area contributed by atoms with Gasteiger partial charge in [0.15, 0.2) is 0 Å². The highest BCUT2D eigenvalue weighted by Crippen LogP contribution is 2.37. The normalized spacial score (nSPS) is 13.8. The summed E-state index contributed by atoms with van der Waals surface area (Å²) in [5, 5.41) is 10.9. The van der Waals surface area contributed by atoms with Gasteiger partial charge in [-0.05, 0) is 40.8 Å². The minimum absolute atomic E-state index is 0.0183. The molecule has 3 aromatic rings. The Kier molecular flexibility index (Phi) is 5.89. The van der Waals surface area contributed by atoms with Crippen LogP contribution in [0.5, 0.6) is 5.75 Å². The van der Waals surface area contributed by atoms with Crippen LogP contribution in [-0.2, 0) is 24.0 Å². The molecule has 0 saturated heterocycles. The SMILES string of the molecule is O=C(O)c1scc2c1C(=O)N(c1cc(OCc3ccc(C(F)(F)F)cc3)ccc1Cl)C(=O)C2. The van der Waals surface area contributed by atoms with Crippen molar-refractivity contribution in [3.8, 4) is 5.75 Å². The Balaban J connectivity index is 1.58. The number of rotatable bonds is 5. The van der Waals surface area contributed by atoms with E-state index in [4.69, 9.17) is 16.3 Å². The first-order chi connectivity index (χ1) is 15.6. The van der Waals surface area contributed by atoms with Crippen molar-refractivity contribution in [1.29, 1.82) is 0 Å². The van der Waals surface area contributed by atoms with E-state index in [9.17, 15) is 32.7 Å². The van der Waals surface area contributed by atoms with E-state index in [1.165, 1.54) is 35.7 Å². The molecule has 170 valence electrons. The number of nitrogens with zero attached hydrogens (tertiary/aromatic N) is 1. The van der Waals surface area contributed by atoms with Crippen LogP contribution in [0.2, 0.25) is 5.02 Å². The average molecular weight is 496 g/mol. The monoisotopic (exact) mass is 495 g/mol. The molecule has 11 heteroatoms. The first-order valence-corrected chi connectivity index (χ1v) is 10.6. The van der Waals surface area contributed by atoms with Crippen LogP contribution in [0.3, 0.4) is 0 Å². The molecule has 1 aliphatic rings. The van der Waals surface area contributed by atoms with Crippen LogP contribution < -0.4 is 9.64 Å². The number of alkyl halides is 3. The largest absolute Gasteiger partial charge is 0.489 e. The fraction of sp³-hybridized carbons (Fsp3) is 0.136. The lowest BCUT2D eigenvalue weighted by Gasteiger charge is -2.26. The van der Waals surface area contributed by atoms with E-state index in [1.807, 2.05) is 0 Å². The van der Waals surface area contributed by atoms with Gasteiger partial charge in [0.2, 0.25) is 5.91 Å². The van der Waals surface area contributed by atoms with Crippen LogP contribution in [0, 0.1) is 0 Å². The van der Waals surface area contributed by atoms with Gasteiger partial charge in [0.25, 0.3) is 5.91 Å². The van der Waals surface area contributed by atoms with Crippen LogP contribution in [-0.4, -0.2) is 22.9 Å². The lowest BCUT2D eigenvalue weighted by molar-refractivity contribution is -0.137. The van der Waals surface area contributed by atoms with Crippen molar-refractivity contribution >= 4 is 46.4 Å². The molecule has 0 atom stereocenters. The van der Waals surface area contributed by atoms with Crippen molar-refractivity contribution in [3.05, 3.63) is 80.0 Å². The highest BCUT2D eigenvalue weighted by atomic mass is 35.5. The van der Waals surface area contributed by atoms with Gasteiger partial charge in [-0.1, -0.05) is 23.7 Å². The molecule has 33 heavy (non-hydrogen) atoms. The molecule has 2 aromatic carbocycles. The Bertz CT molecular complexity index is 1270. The maximum absolute atomic E-state index is 13.0. The Morgan fingerprint density at radius 1 is 1.15 bits per heavy atom. The van der Waals surface area contributed by atoms with Crippen LogP contribution in [0.4, 0.5) is 18.9 Å². The first-order valence-electron chi connectivity index (χ1n) is 9.35. The summed E-state index contributed by atoms with van der Waals surface area (Å²) in [4.78, 5) is 37.8. The van der Waals surface area contributed by atoms with Gasteiger partial charge in [-0.15, -0.1) is 11.3 Å². The van der Waals surface area contributed by atoms with Gasteiger partial charge in [-0.3, -0.25) is 9.59 Å². The summed E-state index contributed by atoms with van der Waals surface area (Å²) in [6.45, 7) is -0.0705. The van der Waals surface area contributed by atoms with Crippen molar-refractivity contribution in [3.63, 3.8) is 0 Å². The van der Waals surface area contributed by atoms with Gasteiger partial charge in [-0.2, -0.15) is 13.2 Å². The molecule has 0 fully saturated rings. The number of ether oxygens (including phenoxy) is 1. The number of carboxylic acids is 1. The number of imide groups is 1. The topological polar surface area (TPSA) is 83.9 Å². The predicted molar refractivity (Wildman–Crippen MR) is 114 cm³/mol. The van der Waals surface area contributed by atoms with E-state index in [0.29, 0.717) is 11.1 Å². The summed E-state index contributed by atoms with van der Waals surface area (Å²) >= 11 is 7.08. The van der Waals surface area contributed by atoms with E-state index in [0.717, 1.165) is 28.4 Å². The number of halogens is 4. The number of carbonyl (C=O) groups excluding carboxylic acids is 2. The van der Waals surface area contributed by atoms with Crippen LogP contribution in [0.25, 0.3) is 0 Å². The molecule has 2 amide bonds. The van der Waals surface area contributed by atoms with Crippen molar-refractivity contribution in [1.82, 2.24) is 0 Å². The third-order valence-electron chi connectivity index (χ3n) is 4.91. The first kappa shape index (κ1) is 22.8. The third kappa shape index (κ3) is 4.44. The number of hydrogen-bond acceptors (Lipinski definition) is 5. The lowest BCUT2D eigenvalue weighted by atomic mass is 10.0. The Hall–Kier alpha value is -3.37. The zero-order chi connectivity index (χ0) is 23.9. The van der Waals surface area contributed by atoms with Crippen LogP contribution >= 0.6 is 22.9 Å². The maximum atomic E-state index is 13.0. The maximum Gasteiger partial charge on any atom is 0.416 e. The Labute approximate surface area is 193 Å². The summed E-state index contributed by atoms with van der Waals surface area (Å²) in [6.07, 6.45) is -4.61. The summed E-state index contributed by atoms with van der Waals surface area (Å²) in [7, 11) is 0.